The molecule has 0 amide bonds. The Bertz CT molecular complexity index is 1390. The first-order valence-electron chi connectivity index (χ1n) is 9.89. The summed E-state index contributed by atoms with van der Waals surface area (Å²) in [5, 5.41) is 11.1. The highest BCUT2D eigenvalue weighted by Gasteiger charge is 2.75. The van der Waals surface area contributed by atoms with Crippen LogP contribution in [-0.2, 0) is 20.4 Å². The van der Waals surface area contributed by atoms with E-state index in [1.165, 1.54) is 30.3 Å². The molecule has 0 saturated carbocycles. The van der Waals surface area contributed by atoms with Crippen molar-refractivity contribution in [2.45, 2.75) is 22.8 Å². The number of benzene rings is 3. The van der Waals surface area contributed by atoms with Crippen LogP contribution in [0.3, 0.4) is 0 Å². The molecule has 0 aromatic heterocycles. The number of halogens is 6. The number of para-hydroxylation sites is 1. The minimum atomic E-state index is -6.28. The molecule has 1 N–H and O–H groups in total. The van der Waals surface area contributed by atoms with Gasteiger partial charge in [0.25, 0.3) is 15.7 Å². The van der Waals surface area contributed by atoms with E-state index in [9.17, 15) is 49.7 Å². The van der Waals surface area contributed by atoms with Crippen LogP contribution in [0.1, 0.15) is 15.9 Å². The second-order valence-corrected chi connectivity index (χ2v) is 9.02. The molecule has 0 fully saturated rings. The predicted octanol–water partition coefficient (Wildman–Crippen LogP) is 5.57. The number of hydrogen-bond donors (Lipinski definition) is 1. The van der Waals surface area contributed by atoms with Crippen LogP contribution in [0.15, 0.2) is 83.8 Å². The SMILES string of the molecule is O=C(OC(c1ccc(NS(=O)(=O)c2ccccc2)cc1)(C(F)(F)F)C(F)(F)F)c1ccccc1[N+](=O)[O-]. The van der Waals surface area contributed by atoms with Gasteiger partial charge in [0.15, 0.2) is 0 Å². The van der Waals surface area contributed by atoms with E-state index in [-0.39, 0.29) is 17.0 Å². The van der Waals surface area contributed by atoms with Crippen LogP contribution in [0, 0.1) is 10.1 Å². The third-order valence-corrected chi connectivity index (χ3v) is 6.36. The number of carbonyl (C=O) groups excluding carboxylic acids is 1. The van der Waals surface area contributed by atoms with E-state index in [2.05, 4.69) is 4.74 Å². The van der Waals surface area contributed by atoms with Crippen LogP contribution < -0.4 is 4.72 Å². The maximum absolute atomic E-state index is 14.0. The van der Waals surface area contributed by atoms with Crippen LogP contribution in [-0.4, -0.2) is 31.7 Å². The first-order valence-corrected chi connectivity index (χ1v) is 11.4. The lowest BCUT2D eigenvalue weighted by atomic mass is 9.91. The molecule has 0 spiro atoms. The molecule has 3 aromatic rings. The molecule has 3 aromatic carbocycles. The number of nitro groups is 1. The average molecular weight is 548 g/mol. The summed E-state index contributed by atoms with van der Waals surface area (Å²) in [7, 11) is -4.23. The van der Waals surface area contributed by atoms with E-state index in [4.69, 9.17) is 0 Å². The van der Waals surface area contributed by atoms with E-state index < -0.39 is 61.4 Å². The van der Waals surface area contributed by atoms with Crippen molar-refractivity contribution >= 4 is 27.4 Å². The number of carbonyl (C=O) groups is 1. The number of ether oxygens (including phenoxy) is 1. The Morgan fingerprint density at radius 1 is 0.811 bits per heavy atom. The highest BCUT2D eigenvalue weighted by molar-refractivity contribution is 7.92. The molecular formula is C22H14F6N2O6S. The van der Waals surface area contributed by atoms with Gasteiger partial charge >= 0.3 is 23.9 Å². The van der Waals surface area contributed by atoms with Gasteiger partial charge in [0.05, 0.1) is 9.82 Å². The summed E-state index contributed by atoms with van der Waals surface area (Å²) >= 11 is 0. The van der Waals surface area contributed by atoms with E-state index in [1.54, 1.807) is 0 Å². The quantitative estimate of drug-likeness (QED) is 0.179. The molecule has 0 atom stereocenters. The minimum Gasteiger partial charge on any atom is -0.431 e. The molecule has 37 heavy (non-hydrogen) atoms. The van der Waals surface area contributed by atoms with Crippen LogP contribution in [0.5, 0.6) is 0 Å². The fourth-order valence-electron chi connectivity index (χ4n) is 3.25. The number of alkyl halides is 6. The van der Waals surface area contributed by atoms with Gasteiger partial charge in [0.2, 0.25) is 0 Å². The minimum absolute atomic E-state index is 0.225. The maximum Gasteiger partial charge on any atom is 0.442 e. The Balaban J connectivity index is 2.07. The van der Waals surface area contributed by atoms with Gasteiger partial charge in [-0.3, -0.25) is 14.8 Å². The molecule has 0 unspecified atom stereocenters. The molecular weight excluding hydrogens is 534 g/mol. The first-order chi connectivity index (χ1) is 17.1. The number of nitrogens with one attached hydrogen (secondary N) is 1. The monoisotopic (exact) mass is 548 g/mol. The molecule has 8 nitrogen and oxygen atoms in total. The molecule has 0 bridgehead atoms. The second-order valence-electron chi connectivity index (χ2n) is 7.34. The summed E-state index contributed by atoms with van der Waals surface area (Å²) in [5.41, 5.74) is -9.47. The Morgan fingerprint density at radius 2 is 1.32 bits per heavy atom. The molecule has 3 rings (SSSR count). The van der Waals surface area contributed by atoms with Crippen molar-refractivity contribution in [2.75, 3.05) is 4.72 Å². The highest BCUT2D eigenvalue weighted by Crippen LogP contribution is 2.53. The number of hydrogen-bond acceptors (Lipinski definition) is 6. The predicted molar refractivity (Wildman–Crippen MR) is 116 cm³/mol. The van der Waals surface area contributed by atoms with Crippen molar-refractivity contribution in [2.24, 2.45) is 0 Å². The van der Waals surface area contributed by atoms with Gasteiger partial charge in [-0.1, -0.05) is 42.5 Å². The van der Waals surface area contributed by atoms with Crippen LogP contribution in [0.4, 0.5) is 37.7 Å². The zero-order valence-electron chi connectivity index (χ0n) is 18.1. The lowest BCUT2D eigenvalue weighted by Crippen LogP contribution is -2.56. The fourth-order valence-corrected chi connectivity index (χ4v) is 4.33. The van der Waals surface area contributed by atoms with Gasteiger partial charge in [0, 0.05) is 17.3 Å². The number of esters is 1. The van der Waals surface area contributed by atoms with E-state index in [0.717, 1.165) is 12.1 Å². The zero-order chi connectivity index (χ0) is 27.6. The van der Waals surface area contributed by atoms with Crippen molar-refractivity contribution in [3.8, 4) is 0 Å². The molecule has 0 heterocycles. The van der Waals surface area contributed by atoms with E-state index in [1.807, 2.05) is 4.72 Å². The van der Waals surface area contributed by atoms with Crippen LogP contribution in [0.25, 0.3) is 0 Å². The third-order valence-electron chi connectivity index (χ3n) is 4.96. The van der Waals surface area contributed by atoms with Crippen LogP contribution in [0.2, 0.25) is 0 Å². The molecule has 0 aliphatic heterocycles. The average Bonchev–Trinajstić information content (AvgIpc) is 2.81. The normalized spacial score (nSPS) is 12.6. The smallest absolute Gasteiger partial charge is 0.431 e. The molecule has 0 saturated heterocycles. The standard InChI is InChI=1S/C22H14F6N2O6S/c23-21(24,25)20(22(26,27)28,36-19(31)17-8-4-5-9-18(17)30(32)33)14-10-12-15(13-11-14)29-37(34,35)16-6-2-1-3-7-16/h1-13,29H. The molecule has 0 aliphatic rings. The summed E-state index contributed by atoms with van der Waals surface area (Å²) in [6.07, 6.45) is -12.6. The number of nitrogens with zero attached hydrogens (tertiary/aromatic N) is 1. The highest BCUT2D eigenvalue weighted by atomic mass is 32.2. The van der Waals surface area contributed by atoms with Crippen molar-refractivity contribution in [3.63, 3.8) is 0 Å². The Labute approximate surface area is 204 Å². The molecule has 0 radical (unpaired) electrons. The zero-order valence-corrected chi connectivity index (χ0v) is 18.9. The van der Waals surface area contributed by atoms with Gasteiger partial charge in [-0.2, -0.15) is 26.3 Å². The van der Waals surface area contributed by atoms with Gasteiger partial charge in [-0.25, -0.2) is 13.2 Å². The topological polar surface area (TPSA) is 116 Å². The maximum atomic E-state index is 14.0. The number of nitro benzene ring substituents is 1. The molecule has 0 aliphatic carbocycles. The van der Waals surface area contributed by atoms with E-state index >= 15 is 0 Å². The first kappa shape index (κ1) is 27.4. The Hall–Kier alpha value is -4.14. The number of sulfonamides is 1. The van der Waals surface area contributed by atoms with Crippen LogP contribution >= 0.6 is 0 Å². The van der Waals surface area contributed by atoms with Gasteiger partial charge < -0.3 is 4.74 Å². The van der Waals surface area contributed by atoms with Crippen molar-refractivity contribution < 1.29 is 49.2 Å². The van der Waals surface area contributed by atoms with Gasteiger partial charge in [-0.15, -0.1) is 0 Å². The summed E-state index contributed by atoms with van der Waals surface area (Å²) in [5.74, 6) is -2.25. The lowest BCUT2D eigenvalue weighted by Gasteiger charge is -2.36. The summed E-state index contributed by atoms with van der Waals surface area (Å²) in [4.78, 5) is 22.2. The molecule has 196 valence electrons. The number of anilines is 1. The Kier molecular flexibility index (Phi) is 7.21. The van der Waals surface area contributed by atoms with Crippen molar-refractivity contribution in [1.82, 2.24) is 0 Å². The summed E-state index contributed by atoms with van der Waals surface area (Å²) in [6, 6.07) is 11.9. The fraction of sp³-hybridized carbons (Fsp3) is 0.136. The largest absolute Gasteiger partial charge is 0.442 e. The Morgan fingerprint density at radius 3 is 1.84 bits per heavy atom. The summed E-state index contributed by atoms with van der Waals surface area (Å²) < 4.78 is 115. The van der Waals surface area contributed by atoms with Crippen molar-refractivity contribution in [3.05, 3.63) is 100 Å². The summed E-state index contributed by atoms with van der Waals surface area (Å²) in [6.45, 7) is 0. The molecule has 15 heteroatoms. The second kappa shape index (κ2) is 9.72. The third kappa shape index (κ3) is 5.35. The van der Waals surface area contributed by atoms with Gasteiger partial charge in [0.1, 0.15) is 5.56 Å². The number of rotatable bonds is 7. The van der Waals surface area contributed by atoms with Crippen molar-refractivity contribution in [1.29, 1.82) is 0 Å². The van der Waals surface area contributed by atoms with Gasteiger partial charge in [-0.05, 0) is 30.3 Å². The van der Waals surface area contributed by atoms with E-state index in [0.29, 0.717) is 24.3 Å². The lowest BCUT2D eigenvalue weighted by molar-refractivity contribution is -0.386.